The minimum absolute atomic E-state index is 0.00233. The Morgan fingerprint density at radius 2 is 2.00 bits per heavy atom. The molecule has 1 aromatic carbocycles. The molecule has 7 nitrogen and oxygen atoms in total. The second kappa shape index (κ2) is 11.3. The lowest BCUT2D eigenvalue weighted by molar-refractivity contribution is -0.146. The SMILES string of the molecule is CCNC(=NCC(c1cccc(C)c1)N1CCOCC1)N1CCC(C(=O)OC)CC1. The third kappa shape index (κ3) is 5.95. The molecular weight excluding hydrogens is 380 g/mol. The van der Waals surface area contributed by atoms with Crippen LogP contribution in [0.4, 0.5) is 0 Å². The van der Waals surface area contributed by atoms with Crippen LogP contribution in [0.15, 0.2) is 29.3 Å². The Kier molecular flexibility index (Phi) is 8.51. The molecule has 1 unspecified atom stereocenters. The number of guanidine groups is 1. The number of hydrogen-bond acceptors (Lipinski definition) is 5. The number of ether oxygens (including phenoxy) is 2. The molecular formula is C23H36N4O3. The topological polar surface area (TPSA) is 66.4 Å². The maximum Gasteiger partial charge on any atom is 0.308 e. The third-order valence-electron chi connectivity index (χ3n) is 5.99. The zero-order chi connectivity index (χ0) is 21.3. The van der Waals surface area contributed by atoms with Crippen LogP contribution in [0.1, 0.15) is 36.9 Å². The first kappa shape index (κ1) is 22.6. The molecule has 0 aromatic heterocycles. The molecule has 1 aromatic rings. The highest BCUT2D eigenvalue weighted by Gasteiger charge is 2.28. The van der Waals surface area contributed by atoms with Crippen molar-refractivity contribution in [1.82, 2.24) is 15.1 Å². The number of rotatable bonds is 6. The van der Waals surface area contributed by atoms with E-state index in [0.717, 1.165) is 64.7 Å². The average Bonchev–Trinajstić information content (AvgIpc) is 2.79. The van der Waals surface area contributed by atoms with Gasteiger partial charge in [0, 0.05) is 32.7 Å². The maximum atomic E-state index is 11.8. The van der Waals surface area contributed by atoms with Crippen LogP contribution in [0.5, 0.6) is 0 Å². The molecule has 2 aliphatic rings. The van der Waals surface area contributed by atoms with Crippen molar-refractivity contribution >= 4 is 11.9 Å². The lowest BCUT2D eigenvalue weighted by atomic mass is 9.97. The predicted molar refractivity (Wildman–Crippen MR) is 119 cm³/mol. The normalized spacial score (nSPS) is 20.1. The summed E-state index contributed by atoms with van der Waals surface area (Å²) in [7, 11) is 1.47. The number of carbonyl (C=O) groups is 1. The molecule has 30 heavy (non-hydrogen) atoms. The van der Waals surface area contributed by atoms with Crippen molar-refractivity contribution in [1.29, 1.82) is 0 Å². The Labute approximate surface area is 180 Å². The van der Waals surface area contributed by atoms with Gasteiger partial charge in [-0.1, -0.05) is 29.8 Å². The van der Waals surface area contributed by atoms with Crippen molar-refractivity contribution in [3.05, 3.63) is 35.4 Å². The van der Waals surface area contributed by atoms with Gasteiger partial charge in [0.05, 0.1) is 38.8 Å². The van der Waals surface area contributed by atoms with E-state index in [2.05, 4.69) is 53.2 Å². The van der Waals surface area contributed by atoms with Crippen molar-refractivity contribution in [2.45, 2.75) is 32.7 Å². The average molecular weight is 417 g/mol. The van der Waals surface area contributed by atoms with Crippen LogP contribution in [0.3, 0.4) is 0 Å². The molecule has 0 spiro atoms. The number of carbonyl (C=O) groups excluding carboxylic acids is 1. The van der Waals surface area contributed by atoms with Crippen molar-refractivity contribution in [3.63, 3.8) is 0 Å². The fourth-order valence-electron chi connectivity index (χ4n) is 4.29. The Morgan fingerprint density at radius 3 is 2.63 bits per heavy atom. The number of morpholine rings is 1. The largest absolute Gasteiger partial charge is 0.469 e. The molecule has 7 heteroatoms. The molecule has 1 atom stereocenters. The predicted octanol–water partition coefficient (Wildman–Crippen LogP) is 2.22. The number of likely N-dealkylation sites (tertiary alicyclic amines) is 1. The number of methoxy groups -OCH3 is 1. The van der Waals surface area contributed by atoms with E-state index in [1.54, 1.807) is 0 Å². The fraction of sp³-hybridized carbons (Fsp3) is 0.652. The lowest BCUT2D eigenvalue weighted by Crippen LogP contribution is -2.47. The number of aliphatic imine (C=N–C) groups is 1. The molecule has 2 heterocycles. The summed E-state index contributed by atoms with van der Waals surface area (Å²) in [5, 5.41) is 3.45. The highest BCUT2D eigenvalue weighted by atomic mass is 16.5. The van der Waals surface area contributed by atoms with Crippen LogP contribution in [0, 0.1) is 12.8 Å². The minimum atomic E-state index is -0.0941. The summed E-state index contributed by atoms with van der Waals surface area (Å²) in [5.74, 6) is 0.845. The number of nitrogens with one attached hydrogen (secondary N) is 1. The highest BCUT2D eigenvalue weighted by Crippen LogP contribution is 2.24. The standard InChI is InChI=1S/C23H36N4O3/c1-4-24-23(27-10-8-19(9-11-27)22(28)29-3)25-17-21(26-12-14-30-15-13-26)20-7-5-6-18(2)16-20/h5-7,16,19,21H,4,8-15,17H2,1-3H3,(H,24,25). The van der Waals surface area contributed by atoms with Crippen molar-refractivity contribution in [2.75, 3.05) is 59.6 Å². The van der Waals surface area contributed by atoms with Crippen molar-refractivity contribution in [3.8, 4) is 0 Å². The summed E-state index contributed by atoms with van der Waals surface area (Å²) >= 11 is 0. The van der Waals surface area contributed by atoms with Crippen molar-refractivity contribution < 1.29 is 14.3 Å². The summed E-state index contributed by atoms with van der Waals surface area (Å²) in [6, 6.07) is 8.97. The first-order valence-corrected chi connectivity index (χ1v) is 11.1. The van der Waals surface area contributed by atoms with Gasteiger partial charge in [0.1, 0.15) is 0 Å². The van der Waals surface area contributed by atoms with Gasteiger partial charge in [-0.3, -0.25) is 14.7 Å². The van der Waals surface area contributed by atoms with Gasteiger partial charge in [-0.2, -0.15) is 0 Å². The molecule has 166 valence electrons. The van der Waals surface area contributed by atoms with Crippen LogP contribution in [0.2, 0.25) is 0 Å². The second-order valence-electron chi connectivity index (χ2n) is 8.06. The van der Waals surface area contributed by atoms with Crippen LogP contribution in [0.25, 0.3) is 0 Å². The Morgan fingerprint density at radius 1 is 1.27 bits per heavy atom. The number of hydrogen-bond donors (Lipinski definition) is 1. The van der Waals surface area contributed by atoms with Gasteiger partial charge in [0.15, 0.2) is 5.96 Å². The zero-order valence-electron chi connectivity index (χ0n) is 18.6. The van der Waals surface area contributed by atoms with Crippen LogP contribution in [-0.2, 0) is 14.3 Å². The number of piperidine rings is 1. The molecule has 3 rings (SSSR count). The summed E-state index contributed by atoms with van der Waals surface area (Å²) < 4.78 is 10.5. The molecule has 0 bridgehead atoms. The van der Waals surface area contributed by atoms with E-state index < -0.39 is 0 Å². The number of nitrogens with zero attached hydrogens (tertiary/aromatic N) is 3. The number of aryl methyl sites for hydroxylation is 1. The highest BCUT2D eigenvalue weighted by molar-refractivity contribution is 5.80. The van der Waals surface area contributed by atoms with E-state index in [1.165, 1.54) is 18.2 Å². The summed E-state index contributed by atoms with van der Waals surface area (Å²) in [4.78, 5) is 21.6. The molecule has 0 radical (unpaired) electrons. The first-order chi connectivity index (χ1) is 14.6. The van der Waals surface area contributed by atoms with Crippen LogP contribution in [-0.4, -0.2) is 81.3 Å². The Balaban J connectivity index is 1.73. The maximum absolute atomic E-state index is 11.8. The lowest BCUT2D eigenvalue weighted by Gasteiger charge is -2.36. The molecule has 2 aliphatic heterocycles. The van der Waals surface area contributed by atoms with E-state index in [4.69, 9.17) is 14.5 Å². The van der Waals surface area contributed by atoms with Crippen molar-refractivity contribution in [2.24, 2.45) is 10.9 Å². The van der Waals surface area contributed by atoms with Gasteiger partial charge in [-0.05, 0) is 32.3 Å². The van der Waals surface area contributed by atoms with E-state index in [-0.39, 0.29) is 17.9 Å². The van der Waals surface area contributed by atoms with Gasteiger partial charge in [0.25, 0.3) is 0 Å². The van der Waals surface area contributed by atoms with Gasteiger partial charge < -0.3 is 19.7 Å². The molecule has 2 saturated heterocycles. The summed E-state index contributed by atoms with van der Waals surface area (Å²) in [6.07, 6.45) is 1.61. The summed E-state index contributed by atoms with van der Waals surface area (Å²) in [5.41, 5.74) is 2.58. The second-order valence-corrected chi connectivity index (χ2v) is 8.06. The zero-order valence-corrected chi connectivity index (χ0v) is 18.6. The minimum Gasteiger partial charge on any atom is -0.469 e. The van der Waals surface area contributed by atoms with E-state index in [1.807, 2.05) is 0 Å². The van der Waals surface area contributed by atoms with E-state index >= 15 is 0 Å². The molecule has 0 saturated carbocycles. The summed E-state index contributed by atoms with van der Waals surface area (Å²) in [6.45, 7) is 10.8. The Bertz CT molecular complexity index is 710. The van der Waals surface area contributed by atoms with Gasteiger partial charge >= 0.3 is 5.97 Å². The molecule has 2 fully saturated rings. The monoisotopic (exact) mass is 416 g/mol. The Hall–Kier alpha value is -2.12. The van der Waals surface area contributed by atoms with Gasteiger partial charge in [0.2, 0.25) is 0 Å². The smallest absolute Gasteiger partial charge is 0.308 e. The van der Waals surface area contributed by atoms with Crippen LogP contribution >= 0.6 is 0 Å². The fourth-order valence-corrected chi connectivity index (χ4v) is 4.29. The quantitative estimate of drug-likeness (QED) is 0.436. The molecule has 0 amide bonds. The number of benzene rings is 1. The first-order valence-electron chi connectivity index (χ1n) is 11.1. The van der Waals surface area contributed by atoms with Gasteiger partial charge in [-0.15, -0.1) is 0 Å². The van der Waals surface area contributed by atoms with E-state index in [0.29, 0.717) is 6.54 Å². The van der Waals surface area contributed by atoms with Crippen LogP contribution < -0.4 is 5.32 Å². The molecule has 0 aliphatic carbocycles. The van der Waals surface area contributed by atoms with Gasteiger partial charge in [-0.25, -0.2) is 0 Å². The van der Waals surface area contributed by atoms with E-state index in [9.17, 15) is 4.79 Å². The third-order valence-corrected chi connectivity index (χ3v) is 5.99. The number of esters is 1. The molecule has 1 N–H and O–H groups in total.